The standard InChI is InChI=1S/C17H17ClF3N3O/c1-12-11-15(17(19,20)21)23-24(12)10-4-9-22-16(25)8-7-13-5-2-3-6-14(13)18/h2-3,5-8,11H,4,9-10H2,1H3,(H,22,25)/b8-7+. The minimum Gasteiger partial charge on any atom is -0.352 e. The van der Waals surface area contributed by atoms with Gasteiger partial charge in [0.1, 0.15) is 0 Å². The van der Waals surface area contributed by atoms with Gasteiger partial charge < -0.3 is 5.32 Å². The second-order valence-corrected chi connectivity index (χ2v) is 5.80. The van der Waals surface area contributed by atoms with Crippen molar-refractivity contribution in [2.45, 2.75) is 26.1 Å². The maximum absolute atomic E-state index is 12.6. The molecule has 4 nitrogen and oxygen atoms in total. The number of halogens is 4. The van der Waals surface area contributed by atoms with E-state index in [4.69, 9.17) is 11.6 Å². The van der Waals surface area contributed by atoms with Crippen LogP contribution in [0.1, 0.15) is 23.4 Å². The molecule has 0 aliphatic heterocycles. The highest BCUT2D eigenvalue weighted by atomic mass is 35.5. The Morgan fingerprint density at radius 2 is 2.08 bits per heavy atom. The van der Waals surface area contributed by atoms with E-state index in [1.165, 1.54) is 10.8 Å². The summed E-state index contributed by atoms with van der Waals surface area (Å²) in [5, 5.41) is 6.74. The fourth-order valence-corrected chi connectivity index (χ4v) is 2.35. The second-order valence-electron chi connectivity index (χ2n) is 5.39. The molecule has 1 heterocycles. The van der Waals surface area contributed by atoms with Gasteiger partial charge in [0.15, 0.2) is 5.69 Å². The van der Waals surface area contributed by atoms with Crippen molar-refractivity contribution in [2.24, 2.45) is 0 Å². The molecular weight excluding hydrogens is 355 g/mol. The Morgan fingerprint density at radius 3 is 2.72 bits per heavy atom. The summed E-state index contributed by atoms with van der Waals surface area (Å²) in [6.45, 7) is 2.18. The summed E-state index contributed by atoms with van der Waals surface area (Å²) in [4.78, 5) is 11.7. The molecule has 0 radical (unpaired) electrons. The summed E-state index contributed by atoms with van der Waals surface area (Å²) >= 11 is 5.98. The lowest BCUT2D eigenvalue weighted by Crippen LogP contribution is -2.23. The minimum atomic E-state index is -4.45. The third-order valence-electron chi connectivity index (χ3n) is 3.44. The average molecular weight is 372 g/mol. The molecule has 1 amide bonds. The van der Waals surface area contributed by atoms with Gasteiger partial charge in [-0.25, -0.2) is 0 Å². The SMILES string of the molecule is Cc1cc(C(F)(F)F)nn1CCCNC(=O)/C=C/c1ccccc1Cl. The molecule has 0 saturated carbocycles. The first kappa shape index (κ1) is 19.1. The molecule has 0 unspecified atom stereocenters. The number of alkyl halides is 3. The van der Waals surface area contributed by atoms with Gasteiger partial charge in [0.05, 0.1) is 0 Å². The van der Waals surface area contributed by atoms with Crippen LogP contribution in [0.3, 0.4) is 0 Å². The Labute approximate surface area is 148 Å². The predicted molar refractivity (Wildman–Crippen MR) is 90.1 cm³/mol. The third-order valence-corrected chi connectivity index (χ3v) is 3.78. The number of carbonyl (C=O) groups is 1. The Bertz CT molecular complexity index is 769. The van der Waals surface area contributed by atoms with E-state index >= 15 is 0 Å². The maximum atomic E-state index is 12.6. The van der Waals surface area contributed by atoms with Crippen molar-refractivity contribution in [3.8, 4) is 0 Å². The van der Waals surface area contributed by atoms with Crippen molar-refractivity contribution in [1.82, 2.24) is 15.1 Å². The van der Waals surface area contributed by atoms with E-state index in [-0.39, 0.29) is 12.5 Å². The van der Waals surface area contributed by atoms with Crippen LogP contribution in [0.5, 0.6) is 0 Å². The molecule has 0 spiro atoms. The third kappa shape index (κ3) is 5.63. The minimum absolute atomic E-state index is 0.288. The Hall–Kier alpha value is -2.28. The Kier molecular flexibility index (Phi) is 6.25. The number of aryl methyl sites for hydroxylation is 2. The molecule has 2 aromatic rings. The molecule has 0 fully saturated rings. The first-order valence-corrected chi connectivity index (χ1v) is 7.97. The molecule has 1 aromatic heterocycles. The summed E-state index contributed by atoms with van der Waals surface area (Å²) in [6.07, 6.45) is -1.02. The molecule has 0 aliphatic rings. The highest BCUT2D eigenvalue weighted by molar-refractivity contribution is 6.32. The van der Waals surface area contributed by atoms with Crippen LogP contribution >= 0.6 is 11.6 Å². The first-order chi connectivity index (χ1) is 11.8. The number of hydrogen-bond donors (Lipinski definition) is 1. The zero-order valence-corrected chi connectivity index (χ0v) is 14.2. The van der Waals surface area contributed by atoms with Gasteiger partial charge in [-0.1, -0.05) is 29.8 Å². The van der Waals surface area contributed by atoms with Gasteiger partial charge in [0, 0.05) is 29.9 Å². The summed E-state index contributed by atoms with van der Waals surface area (Å²) in [6, 6.07) is 8.11. The van der Waals surface area contributed by atoms with Gasteiger partial charge in [-0.2, -0.15) is 18.3 Å². The molecule has 8 heteroatoms. The summed E-state index contributed by atoms with van der Waals surface area (Å²) in [5.74, 6) is -0.298. The molecule has 0 saturated heterocycles. The van der Waals surface area contributed by atoms with Crippen LogP contribution in [0.4, 0.5) is 13.2 Å². The highest BCUT2D eigenvalue weighted by Gasteiger charge is 2.34. The Balaban J connectivity index is 1.79. The maximum Gasteiger partial charge on any atom is 0.435 e. The average Bonchev–Trinajstić information content (AvgIpc) is 2.92. The largest absolute Gasteiger partial charge is 0.435 e. The van der Waals surface area contributed by atoms with E-state index in [1.807, 2.05) is 6.07 Å². The van der Waals surface area contributed by atoms with Crippen LogP contribution in [-0.4, -0.2) is 22.2 Å². The fourth-order valence-electron chi connectivity index (χ4n) is 2.15. The Morgan fingerprint density at radius 1 is 1.36 bits per heavy atom. The van der Waals surface area contributed by atoms with E-state index < -0.39 is 11.9 Å². The quantitative estimate of drug-likeness (QED) is 0.614. The molecular formula is C17H17ClF3N3O. The molecule has 0 aliphatic carbocycles. The van der Waals surface area contributed by atoms with Crippen molar-refractivity contribution >= 4 is 23.6 Å². The number of aromatic nitrogens is 2. The molecule has 2 rings (SSSR count). The number of nitrogens with one attached hydrogen (secondary N) is 1. The lowest BCUT2D eigenvalue weighted by Gasteiger charge is -2.05. The van der Waals surface area contributed by atoms with Crippen LogP contribution in [0.15, 0.2) is 36.4 Å². The van der Waals surface area contributed by atoms with Crippen LogP contribution in [0.2, 0.25) is 5.02 Å². The highest BCUT2D eigenvalue weighted by Crippen LogP contribution is 2.28. The lowest BCUT2D eigenvalue weighted by atomic mass is 10.2. The zero-order chi connectivity index (χ0) is 18.4. The molecule has 0 bridgehead atoms. The summed E-state index contributed by atoms with van der Waals surface area (Å²) < 4.78 is 39.0. The van der Waals surface area contributed by atoms with Crippen LogP contribution in [0.25, 0.3) is 6.08 Å². The van der Waals surface area contributed by atoms with Crippen LogP contribution < -0.4 is 5.32 Å². The van der Waals surface area contributed by atoms with Crippen molar-refractivity contribution in [3.05, 3.63) is 58.4 Å². The van der Waals surface area contributed by atoms with E-state index in [0.29, 0.717) is 23.7 Å². The number of benzene rings is 1. The number of nitrogens with zero attached hydrogens (tertiary/aromatic N) is 2. The molecule has 25 heavy (non-hydrogen) atoms. The smallest absolute Gasteiger partial charge is 0.352 e. The van der Waals surface area contributed by atoms with Gasteiger partial charge in [-0.3, -0.25) is 9.48 Å². The van der Waals surface area contributed by atoms with E-state index in [2.05, 4.69) is 10.4 Å². The van der Waals surface area contributed by atoms with Gasteiger partial charge in [-0.05, 0) is 37.1 Å². The molecule has 0 atom stereocenters. The van der Waals surface area contributed by atoms with Crippen molar-refractivity contribution < 1.29 is 18.0 Å². The molecule has 134 valence electrons. The second kappa shape index (κ2) is 8.20. The van der Waals surface area contributed by atoms with Crippen LogP contribution in [-0.2, 0) is 17.5 Å². The number of amides is 1. The molecule has 1 aromatic carbocycles. The number of hydrogen-bond acceptors (Lipinski definition) is 2. The topological polar surface area (TPSA) is 46.9 Å². The predicted octanol–water partition coefficient (Wildman–Crippen LogP) is 4.08. The number of rotatable bonds is 6. The first-order valence-electron chi connectivity index (χ1n) is 7.59. The van der Waals surface area contributed by atoms with Gasteiger partial charge in [-0.15, -0.1) is 0 Å². The summed E-state index contributed by atoms with van der Waals surface area (Å²) in [5.41, 5.74) is 0.250. The van der Waals surface area contributed by atoms with Gasteiger partial charge in [0.2, 0.25) is 5.91 Å². The number of carbonyl (C=O) groups excluding carboxylic acids is 1. The van der Waals surface area contributed by atoms with Gasteiger partial charge in [0.25, 0.3) is 0 Å². The monoisotopic (exact) mass is 371 g/mol. The van der Waals surface area contributed by atoms with E-state index in [1.54, 1.807) is 31.2 Å². The van der Waals surface area contributed by atoms with Crippen LogP contribution in [0, 0.1) is 6.92 Å². The van der Waals surface area contributed by atoms with Crippen molar-refractivity contribution in [1.29, 1.82) is 0 Å². The van der Waals surface area contributed by atoms with E-state index in [9.17, 15) is 18.0 Å². The molecule has 1 N–H and O–H groups in total. The van der Waals surface area contributed by atoms with Crippen molar-refractivity contribution in [2.75, 3.05) is 6.54 Å². The van der Waals surface area contributed by atoms with Gasteiger partial charge >= 0.3 is 6.18 Å². The normalized spacial score (nSPS) is 11.9. The lowest BCUT2D eigenvalue weighted by molar-refractivity contribution is -0.141. The van der Waals surface area contributed by atoms with E-state index in [0.717, 1.165) is 11.6 Å². The van der Waals surface area contributed by atoms with Crippen molar-refractivity contribution in [3.63, 3.8) is 0 Å². The summed E-state index contributed by atoms with van der Waals surface area (Å²) in [7, 11) is 0. The fraction of sp³-hybridized carbons (Fsp3) is 0.294. The zero-order valence-electron chi connectivity index (χ0n) is 13.5.